The van der Waals surface area contributed by atoms with Crippen LogP contribution in [0.5, 0.6) is 0 Å². The molecular formula is C23H25ClFN3O3S. The smallest absolute Gasteiger partial charge is 0.211 e. The number of halogens is 2. The Labute approximate surface area is 191 Å². The van der Waals surface area contributed by atoms with Gasteiger partial charge in [0.1, 0.15) is 10.7 Å². The standard InChI is InChI=1S/C23H25ClFN3O3S/c1-3-8-28-15-22(32(30,31)17-6-4-16(24)5-7-17)23(29)18-13-19(25)21(14-20(18)28)27-11-9-26(2)10-12-27/h4-7,13-15H,3,8-12H2,1-2H3. The van der Waals surface area contributed by atoms with Gasteiger partial charge in [-0.05, 0) is 49.9 Å². The minimum atomic E-state index is -4.10. The van der Waals surface area contributed by atoms with E-state index in [0.717, 1.165) is 19.5 Å². The molecule has 3 aromatic rings. The lowest BCUT2D eigenvalue weighted by molar-refractivity contribution is 0.312. The molecule has 32 heavy (non-hydrogen) atoms. The summed E-state index contributed by atoms with van der Waals surface area (Å²) >= 11 is 5.88. The van der Waals surface area contributed by atoms with Crippen LogP contribution in [0.4, 0.5) is 10.1 Å². The molecule has 1 aromatic heterocycles. The fourth-order valence-electron chi connectivity index (χ4n) is 4.02. The Morgan fingerprint density at radius 3 is 2.34 bits per heavy atom. The zero-order chi connectivity index (χ0) is 23.0. The van der Waals surface area contributed by atoms with Gasteiger partial charge in [-0.3, -0.25) is 4.79 Å². The van der Waals surface area contributed by atoms with Crippen molar-refractivity contribution in [2.75, 3.05) is 38.1 Å². The highest BCUT2D eigenvalue weighted by Crippen LogP contribution is 2.28. The number of rotatable bonds is 5. The van der Waals surface area contributed by atoms with E-state index in [1.54, 1.807) is 10.6 Å². The van der Waals surface area contributed by atoms with Crippen LogP contribution >= 0.6 is 11.6 Å². The van der Waals surface area contributed by atoms with Gasteiger partial charge in [-0.1, -0.05) is 18.5 Å². The predicted molar refractivity (Wildman–Crippen MR) is 125 cm³/mol. The van der Waals surface area contributed by atoms with E-state index in [1.807, 2.05) is 18.9 Å². The van der Waals surface area contributed by atoms with Crippen molar-refractivity contribution < 1.29 is 12.8 Å². The van der Waals surface area contributed by atoms with Crippen LogP contribution in [-0.4, -0.2) is 51.1 Å². The Kier molecular flexibility index (Phi) is 6.29. The zero-order valence-electron chi connectivity index (χ0n) is 18.0. The Morgan fingerprint density at radius 1 is 1.06 bits per heavy atom. The van der Waals surface area contributed by atoms with Crippen molar-refractivity contribution in [2.24, 2.45) is 0 Å². The van der Waals surface area contributed by atoms with Gasteiger partial charge in [0.2, 0.25) is 15.3 Å². The predicted octanol–water partition coefficient (Wildman–Crippen LogP) is 3.79. The molecule has 0 bridgehead atoms. The summed E-state index contributed by atoms with van der Waals surface area (Å²) in [4.78, 5) is 17.0. The highest BCUT2D eigenvalue weighted by atomic mass is 35.5. The normalized spacial score (nSPS) is 15.4. The molecule has 0 spiro atoms. The molecule has 2 aromatic carbocycles. The van der Waals surface area contributed by atoms with Crippen molar-refractivity contribution in [2.45, 2.75) is 29.7 Å². The number of likely N-dealkylation sites (N-methyl/N-ethyl adjacent to an activating group) is 1. The number of hydrogen-bond acceptors (Lipinski definition) is 5. The SMILES string of the molecule is CCCn1cc(S(=O)(=O)c2ccc(Cl)cc2)c(=O)c2cc(F)c(N3CCN(C)CC3)cc21. The van der Waals surface area contributed by atoms with E-state index in [1.165, 1.54) is 36.5 Å². The van der Waals surface area contributed by atoms with Gasteiger partial charge in [0.25, 0.3) is 0 Å². The number of hydrogen-bond donors (Lipinski definition) is 0. The molecule has 0 aliphatic carbocycles. The first-order valence-electron chi connectivity index (χ1n) is 10.5. The molecular weight excluding hydrogens is 453 g/mol. The number of anilines is 1. The topological polar surface area (TPSA) is 62.6 Å². The zero-order valence-corrected chi connectivity index (χ0v) is 19.6. The van der Waals surface area contributed by atoms with Crippen LogP contribution in [0.1, 0.15) is 13.3 Å². The molecule has 170 valence electrons. The second-order valence-electron chi connectivity index (χ2n) is 8.08. The fourth-order valence-corrected chi connectivity index (χ4v) is 5.51. The Bertz CT molecular complexity index is 1320. The summed E-state index contributed by atoms with van der Waals surface area (Å²) in [5.41, 5.74) is 0.261. The quantitative estimate of drug-likeness (QED) is 0.559. The number of aryl methyl sites for hydroxylation is 1. The van der Waals surface area contributed by atoms with Crippen molar-refractivity contribution in [3.63, 3.8) is 0 Å². The van der Waals surface area contributed by atoms with Crippen LogP contribution < -0.4 is 10.3 Å². The first-order chi connectivity index (χ1) is 15.2. The third-order valence-electron chi connectivity index (χ3n) is 5.84. The second-order valence-corrected chi connectivity index (χ2v) is 10.4. The van der Waals surface area contributed by atoms with E-state index >= 15 is 4.39 Å². The maximum atomic E-state index is 15.1. The van der Waals surface area contributed by atoms with E-state index in [2.05, 4.69) is 4.90 Å². The number of benzene rings is 2. The summed E-state index contributed by atoms with van der Waals surface area (Å²) in [6.07, 6.45) is 2.10. The first kappa shape index (κ1) is 22.8. The van der Waals surface area contributed by atoms with Crippen molar-refractivity contribution in [3.8, 4) is 0 Å². The molecule has 1 aliphatic heterocycles. The van der Waals surface area contributed by atoms with Gasteiger partial charge < -0.3 is 14.4 Å². The molecule has 0 unspecified atom stereocenters. The fraction of sp³-hybridized carbons (Fsp3) is 0.348. The van der Waals surface area contributed by atoms with Crippen LogP contribution in [0.3, 0.4) is 0 Å². The third-order valence-corrected chi connectivity index (χ3v) is 7.85. The van der Waals surface area contributed by atoms with E-state index < -0.39 is 21.1 Å². The van der Waals surface area contributed by atoms with E-state index in [4.69, 9.17) is 11.6 Å². The first-order valence-corrected chi connectivity index (χ1v) is 12.4. The molecule has 2 heterocycles. The Balaban J connectivity index is 1.90. The van der Waals surface area contributed by atoms with Gasteiger partial charge in [-0.25, -0.2) is 12.8 Å². The van der Waals surface area contributed by atoms with Crippen molar-refractivity contribution >= 4 is 38.0 Å². The van der Waals surface area contributed by atoms with Crippen LogP contribution in [-0.2, 0) is 16.4 Å². The molecule has 4 rings (SSSR count). The molecule has 1 saturated heterocycles. The average molecular weight is 478 g/mol. The summed E-state index contributed by atoms with van der Waals surface area (Å²) in [5, 5.41) is 0.452. The summed E-state index contributed by atoms with van der Waals surface area (Å²) in [6, 6.07) is 8.50. The molecule has 1 aliphatic rings. The molecule has 0 N–H and O–H groups in total. The van der Waals surface area contributed by atoms with Crippen LogP contribution in [0.15, 0.2) is 57.2 Å². The molecule has 0 atom stereocenters. The van der Waals surface area contributed by atoms with Crippen molar-refractivity contribution in [3.05, 3.63) is 63.7 Å². The second kappa shape index (κ2) is 8.84. The Hall–Kier alpha value is -2.42. The number of pyridine rings is 1. The van der Waals surface area contributed by atoms with Gasteiger partial charge in [0.05, 0.1) is 21.5 Å². The van der Waals surface area contributed by atoms with Gasteiger partial charge in [-0.2, -0.15) is 0 Å². The number of sulfone groups is 1. The summed E-state index contributed by atoms with van der Waals surface area (Å²) < 4.78 is 43.3. The van der Waals surface area contributed by atoms with Gasteiger partial charge in [0, 0.05) is 43.9 Å². The highest BCUT2D eigenvalue weighted by Gasteiger charge is 2.26. The molecule has 9 heteroatoms. The van der Waals surface area contributed by atoms with E-state index in [-0.39, 0.29) is 15.2 Å². The summed E-state index contributed by atoms with van der Waals surface area (Å²) in [5.74, 6) is -0.525. The largest absolute Gasteiger partial charge is 0.367 e. The summed E-state index contributed by atoms with van der Waals surface area (Å²) in [7, 11) is -2.08. The average Bonchev–Trinajstić information content (AvgIpc) is 2.76. The van der Waals surface area contributed by atoms with Crippen molar-refractivity contribution in [1.29, 1.82) is 0 Å². The number of aromatic nitrogens is 1. The van der Waals surface area contributed by atoms with Crippen molar-refractivity contribution in [1.82, 2.24) is 9.47 Å². The van der Waals surface area contributed by atoms with Gasteiger partial charge in [0.15, 0.2) is 0 Å². The van der Waals surface area contributed by atoms with Crippen LogP contribution in [0.2, 0.25) is 5.02 Å². The summed E-state index contributed by atoms with van der Waals surface area (Å²) in [6.45, 7) is 5.45. The van der Waals surface area contributed by atoms with E-state index in [9.17, 15) is 13.2 Å². The minimum absolute atomic E-state index is 0.0315. The van der Waals surface area contributed by atoms with Gasteiger partial charge in [-0.15, -0.1) is 0 Å². The molecule has 0 amide bonds. The lowest BCUT2D eigenvalue weighted by Gasteiger charge is -2.34. The molecule has 6 nitrogen and oxygen atoms in total. The maximum absolute atomic E-state index is 15.1. The molecule has 0 saturated carbocycles. The number of nitrogens with zero attached hydrogens (tertiary/aromatic N) is 3. The third kappa shape index (κ3) is 4.14. The van der Waals surface area contributed by atoms with Crippen LogP contribution in [0, 0.1) is 5.82 Å². The molecule has 1 fully saturated rings. The van der Waals surface area contributed by atoms with Crippen LogP contribution in [0.25, 0.3) is 10.9 Å². The number of piperazine rings is 1. The van der Waals surface area contributed by atoms with E-state index in [0.29, 0.717) is 35.9 Å². The lowest BCUT2D eigenvalue weighted by Crippen LogP contribution is -2.44. The lowest BCUT2D eigenvalue weighted by atomic mass is 10.1. The molecule has 0 radical (unpaired) electrons. The monoisotopic (exact) mass is 477 g/mol. The van der Waals surface area contributed by atoms with Gasteiger partial charge >= 0.3 is 0 Å². The Morgan fingerprint density at radius 2 is 1.72 bits per heavy atom. The maximum Gasteiger partial charge on any atom is 0.211 e. The number of fused-ring (bicyclic) bond motifs is 1. The highest BCUT2D eigenvalue weighted by molar-refractivity contribution is 7.91. The minimum Gasteiger partial charge on any atom is -0.367 e.